The molecule has 0 saturated heterocycles. The molecule has 0 aliphatic carbocycles. The van der Waals surface area contributed by atoms with E-state index in [1.54, 1.807) is 6.20 Å². The molecule has 1 aromatic carbocycles. The minimum atomic E-state index is 0.398. The topological polar surface area (TPSA) is 90.7 Å². The Hall–Kier alpha value is -2.95. The summed E-state index contributed by atoms with van der Waals surface area (Å²) in [5.74, 6) is 1.24. The smallest absolute Gasteiger partial charge is 0.182 e. The van der Waals surface area contributed by atoms with Gasteiger partial charge in [0.05, 0.1) is 0 Å². The fraction of sp³-hybridized carbons (Fsp3) is 0.118. The molecule has 0 aliphatic heterocycles. The average Bonchev–Trinajstić information content (AvgIpc) is 2.52. The third-order valence-corrected chi connectivity index (χ3v) is 3.43. The van der Waals surface area contributed by atoms with Crippen LogP contribution < -0.4 is 11.5 Å². The summed E-state index contributed by atoms with van der Waals surface area (Å²) in [6.45, 7) is 2.05. The number of benzene rings is 1. The number of hydrogen-bond acceptors (Lipinski definition) is 5. The molecule has 2 aromatic heterocycles. The molecule has 0 bridgehead atoms. The van der Waals surface area contributed by atoms with Gasteiger partial charge in [0.1, 0.15) is 17.3 Å². The fourth-order valence-electron chi connectivity index (χ4n) is 2.34. The first-order valence-corrected chi connectivity index (χ1v) is 7.02. The van der Waals surface area contributed by atoms with Crippen LogP contribution in [0, 0.1) is 6.92 Å². The van der Waals surface area contributed by atoms with Gasteiger partial charge >= 0.3 is 0 Å². The Kier molecular flexibility index (Phi) is 3.70. The van der Waals surface area contributed by atoms with Crippen molar-refractivity contribution < 1.29 is 0 Å². The highest BCUT2D eigenvalue weighted by Crippen LogP contribution is 2.23. The Labute approximate surface area is 129 Å². The molecular weight excluding hydrogens is 274 g/mol. The number of nitrogen functional groups attached to an aromatic ring is 2. The predicted molar refractivity (Wildman–Crippen MR) is 88.1 cm³/mol. The minimum Gasteiger partial charge on any atom is -0.383 e. The van der Waals surface area contributed by atoms with Crippen molar-refractivity contribution in [2.75, 3.05) is 11.5 Å². The molecule has 4 N–H and O–H groups in total. The summed E-state index contributed by atoms with van der Waals surface area (Å²) in [4.78, 5) is 12.9. The largest absolute Gasteiger partial charge is 0.383 e. The van der Waals surface area contributed by atoms with Crippen LogP contribution in [0.25, 0.3) is 11.5 Å². The number of nitrogens with two attached hydrogens (primary N) is 2. The lowest BCUT2D eigenvalue weighted by Gasteiger charge is -2.10. The van der Waals surface area contributed by atoms with E-state index in [0.29, 0.717) is 29.6 Å². The molecule has 22 heavy (non-hydrogen) atoms. The molecule has 0 fully saturated rings. The highest BCUT2D eigenvalue weighted by atomic mass is 15.0. The maximum atomic E-state index is 6.09. The van der Waals surface area contributed by atoms with Crippen molar-refractivity contribution in [1.82, 2.24) is 15.0 Å². The molecule has 0 atom stereocenters. The molecule has 0 spiro atoms. The van der Waals surface area contributed by atoms with Crippen molar-refractivity contribution in [2.24, 2.45) is 0 Å². The first kappa shape index (κ1) is 14.0. The summed E-state index contributed by atoms with van der Waals surface area (Å²) in [6.07, 6.45) is 2.30. The number of nitrogens with zero attached hydrogens (tertiary/aromatic N) is 3. The zero-order valence-corrected chi connectivity index (χ0v) is 12.3. The zero-order chi connectivity index (χ0) is 15.5. The van der Waals surface area contributed by atoms with Crippen LogP contribution in [0.5, 0.6) is 0 Å². The third kappa shape index (κ3) is 2.88. The first-order valence-electron chi connectivity index (χ1n) is 7.02. The van der Waals surface area contributed by atoms with E-state index in [4.69, 9.17) is 11.5 Å². The number of aromatic nitrogens is 3. The monoisotopic (exact) mass is 291 g/mol. The van der Waals surface area contributed by atoms with E-state index in [9.17, 15) is 0 Å². The van der Waals surface area contributed by atoms with Gasteiger partial charge in [-0.25, -0.2) is 9.97 Å². The Morgan fingerprint density at radius 2 is 1.73 bits per heavy atom. The predicted octanol–water partition coefficient (Wildman–Crippen LogP) is 2.60. The van der Waals surface area contributed by atoms with Crippen molar-refractivity contribution >= 4 is 11.6 Å². The first-order chi connectivity index (χ1) is 10.6. The van der Waals surface area contributed by atoms with Gasteiger partial charge in [0.15, 0.2) is 5.82 Å². The Morgan fingerprint density at radius 1 is 0.955 bits per heavy atom. The number of anilines is 2. The van der Waals surface area contributed by atoms with Crippen molar-refractivity contribution in [1.29, 1.82) is 0 Å². The number of rotatable bonds is 3. The van der Waals surface area contributed by atoms with Crippen LogP contribution in [-0.4, -0.2) is 15.0 Å². The van der Waals surface area contributed by atoms with Crippen LogP contribution in [0.15, 0.2) is 48.7 Å². The van der Waals surface area contributed by atoms with E-state index in [1.807, 2.05) is 30.3 Å². The van der Waals surface area contributed by atoms with Crippen LogP contribution in [0.3, 0.4) is 0 Å². The van der Waals surface area contributed by atoms with E-state index in [1.165, 1.54) is 5.56 Å². The fourth-order valence-corrected chi connectivity index (χ4v) is 2.34. The van der Waals surface area contributed by atoms with E-state index in [-0.39, 0.29) is 0 Å². The second kappa shape index (κ2) is 5.81. The Morgan fingerprint density at radius 3 is 2.36 bits per heavy atom. The van der Waals surface area contributed by atoms with E-state index in [0.717, 1.165) is 11.1 Å². The molecule has 5 heteroatoms. The molecule has 0 unspecified atom stereocenters. The lowest BCUT2D eigenvalue weighted by Crippen LogP contribution is -2.08. The lowest BCUT2D eigenvalue weighted by molar-refractivity contribution is 1.08. The molecule has 0 aliphatic rings. The second-order valence-corrected chi connectivity index (χ2v) is 5.18. The minimum absolute atomic E-state index is 0.398. The molecule has 0 amide bonds. The van der Waals surface area contributed by atoms with Gasteiger partial charge in [-0.15, -0.1) is 0 Å². The summed E-state index contributed by atoms with van der Waals surface area (Å²) < 4.78 is 0. The average molecular weight is 291 g/mol. The van der Waals surface area contributed by atoms with Crippen LogP contribution in [-0.2, 0) is 6.42 Å². The molecule has 110 valence electrons. The number of pyridine rings is 1. The zero-order valence-electron chi connectivity index (χ0n) is 12.3. The quantitative estimate of drug-likeness (QED) is 0.774. The maximum absolute atomic E-state index is 6.09. The molecule has 3 aromatic rings. The SMILES string of the molecule is Cc1cccc(Cc2c(N)nc(-c3ccccn3)nc2N)c1. The van der Waals surface area contributed by atoms with Crippen LogP contribution in [0.1, 0.15) is 16.7 Å². The number of aryl methyl sites for hydroxylation is 1. The third-order valence-electron chi connectivity index (χ3n) is 3.43. The van der Waals surface area contributed by atoms with Crippen LogP contribution in [0.2, 0.25) is 0 Å². The Bertz CT molecular complexity index is 776. The summed E-state index contributed by atoms with van der Waals surface area (Å²) in [7, 11) is 0. The molecule has 2 heterocycles. The van der Waals surface area contributed by atoms with Crippen molar-refractivity contribution in [2.45, 2.75) is 13.3 Å². The van der Waals surface area contributed by atoms with Gasteiger partial charge in [-0.3, -0.25) is 4.98 Å². The van der Waals surface area contributed by atoms with Gasteiger partial charge < -0.3 is 11.5 Å². The maximum Gasteiger partial charge on any atom is 0.182 e. The van der Waals surface area contributed by atoms with E-state index < -0.39 is 0 Å². The summed E-state index contributed by atoms with van der Waals surface area (Å²) in [6, 6.07) is 13.7. The molecule has 0 radical (unpaired) electrons. The Balaban J connectivity index is 1.97. The van der Waals surface area contributed by atoms with Crippen molar-refractivity contribution in [3.05, 3.63) is 65.4 Å². The molecular formula is C17H17N5. The highest BCUT2D eigenvalue weighted by molar-refractivity contribution is 5.61. The number of hydrogen-bond donors (Lipinski definition) is 2. The van der Waals surface area contributed by atoms with Gasteiger partial charge in [-0.1, -0.05) is 35.9 Å². The lowest BCUT2D eigenvalue weighted by atomic mass is 10.0. The van der Waals surface area contributed by atoms with Gasteiger partial charge in [-0.2, -0.15) is 0 Å². The van der Waals surface area contributed by atoms with Gasteiger partial charge in [0.25, 0.3) is 0 Å². The molecule has 3 rings (SSSR count). The van der Waals surface area contributed by atoms with E-state index in [2.05, 4.69) is 34.0 Å². The van der Waals surface area contributed by atoms with Crippen molar-refractivity contribution in [3.8, 4) is 11.5 Å². The highest BCUT2D eigenvalue weighted by Gasteiger charge is 2.12. The summed E-state index contributed by atoms with van der Waals surface area (Å²) in [5, 5.41) is 0. The van der Waals surface area contributed by atoms with Gasteiger partial charge in [0, 0.05) is 18.2 Å². The van der Waals surface area contributed by atoms with Crippen molar-refractivity contribution in [3.63, 3.8) is 0 Å². The van der Waals surface area contributed by atoms with Crippen LogP contribution in [0.4, 0.5) is 11.6 Å². The molecule has 0 saturated carbocycles. The van der Waals surface area contributed by atoms with Gasteiger partial charge in [0.2, 0.25) is 0 Å². The second-order valence-electron chi connectivity index (χ2n) is 5.18. The van der Waals surface area contributed by atoms with Gasteiger partial charge in [-0.05, 0) is 24.6 Å². The van der Waals surface area contributed by atoms with Crippen LogP contribution >= 0.6 is 0 Å². The molecule has 5 nitrogen and oxygen atoms in total. The summed E-state index contributed by atoms with van der Waals surface area (Å²) in [5.41, 5.74) is 15.9. The summed E-state index contributed by atoms with van der Waals surface area (Å²) >= 11 is 0. The van der Waals surface area contributed by atoms with E-state index >= 15 is 0 Å². The normalized spacial score (nSPS) is 10.6. The standard InChI is InChI=1S/C17H17N5/c1-11-5-4-6-12(9-11)10-13-15(18)21-17(22-16(13)19)14-7-2-3-8-20-14/h2-9H,10H2,1H3,(H4,18,19,21,22).